The van der Waals surface area contributed by atoms with Gasteiger partial charge in [0.05, 0.1) is 20.3 Å². The SMILES string of the molecule is COc1ccc(C(C)NC(=O)/C=C/c2cc(F)ccc2F)cc1OC. The van der Waals surface area contributed by atoms with Crippen LogP contribution in [-0.4, -0.2) is 20.1 Å². The number of hydrogen-bond donors (Lipinski definition) is 1. The molecule has 0 saturated heterocycles. The highest BCUT2D eigenvalue weighted by atomic mass is 19.1. The van der Waals surface area contributed by atoms with Gasteiger partial charge in [0.2, 0.25) is 5.91 Å². The topological polar surface area (TPSA) is 47.6 Å². The van der Waals surface area contributed by atoms with Crippen molar-refractivity contribution in [3.63, 3.8) is 0 Å². The van der Waals surface area contributed by atoms with Crippen LogP contribution < -0.4 is 14.8 Å². The Labute approximate surface area is 145 Å². The first-order chi connectivity index (χ1) is 11.9. The number of benzene rings is 2. The van der Waals surface area contributed by atoms with Gasteiger partial charge in [0.15, 0.2) is 11.5 Å². The molecule has 2 aromatic carbocycles. The molecule has 1 N–H and O–H groups in total. The lowest BCUT2D eigenvalue weighted by Gasteiger charge is -2.15. The standard InChI is InChI=1S/C19H19F2NO3/c1-12(13-4-8-17(24-2)18(11-13)25-3)22-19(23)9-5-14-10-15(20)6-7-16(14)21/h4-12H,1-3H3,(H,22,23)/b9-5+. The molecule has 0 bridgehead atoms. The molecule has 2 rings (SSSR count). The van der Waals surface area contributed by atoms with E-state index >= 15 is 0 Å². The Morgan fingerprint density at radius 3 is 2.48 bits per heavy atom. The molecule has 6 heteroatoms. The van der Waals surface area contributed by atoms with Crippen molar-refractivity contribution in [2.24, 2.45) is 0 Å². The monoisotopic (exact) mass is 347 g/mol. The number of ether oxygens (including phenoxy) is 2. The second-order valence-corrected chi connectivity index (χ2v) is 5.34. The summed E-state index contributed by atoms with van der Waals surface area (Å²) in [6, 6.07) is 8.06. The van der Waals surface area contributed by atoms with Gasteiger partial charge in [-0.2, -0.15) is 0 Å². The molecule has 4 nitrogen and oxygen atoms in total. The first-order valence-corrected chi connectivity index (χ1v) is 7.60. The van der Waals surface area contributed by atoms with E-state index in [0.29, 0.717) is 11.5 Å². The van der Waals surface area contributed by atoms with E-state index in [1.807, 2.05) is 6.07 Å². The van der Waals surface area contributed by atoms with Crippen molar-refractivity contribution in [2.45, 2.75) is 13.0 Å². The van der Waals surface area contributed by atoms with Gasteiger partial charge >= 0.3 is 0 Å². The molecule has 1 unspecified atom stereocenters. The average molecular weight is 347 g/mol. The van der Waals surface area contributed by atoms with E-state index in [2.05, 4.69) is 5.32 Å². The number of amides is 1. The highest BCUT2D eigenvalue weighted by Crippen LogP contribution is 2.29. The van der Waals surface area contributed by atoms with E-state index in [-0.39, 0.29) is 11.6 Å². The predicted molar refractivity (Wildman–Crippen MR) is 91.5 cm³/mol. The van der Waals surface area contributed by atoms with E-state index in [1.54, 1.807) is 26.2 Å². The quantitative estimate of drug-likeness (QED) is 0.807. The Kier molecular flexibility index (Phi) is 6.11. The van der Waals surface area contributed by atoms with Crippen LogP contribution in [0, 0.1) is 11.6 Å². The lowest BCUT2D eigenvalue weighted by atomic mass is 10.1. The number of halogens is 2. The fraction of sp³-hybridized carbons (Fsp3) is 0.211. The first-order valence-electron chi connectivity index (χ1n) is 7.60. The Balaban J connectivity index is 2.07. The molecular weight excluding hydrogens is 328 g/mol. The molecule has 25 heavy (non-hydrogen) atoms. The van der Waals surface area contributed by atoms with E-state index in [4.69, 9.17) is 9.47 Å². The van der Waals surface area contributed by atoms with Gasteiger partial charge < -0.3 is 14.8 Å². The van der Waals surface area contributed by atoms with E-state index in [0.717, 1.165) is 29.8 Å². The summed E-state index contributed by atoms with van der Waals surface area (Å²) in [6.07, 6.45) is 2.39. The second kappa shape index (κ2) is 8.28. The van der Waals surface area contributed by atoms with Crippen molar-refractivity contribution in [1.29, 1.82) is 0 Å². The van der Waals surface area contributed by atoms with Crippen molar-refractivity contribution < 1.29 is 23.0 Å². The predicted octanol–water partition coefficient (Wildman–Crippen LogP) is 3.87. The van der Waals surface area contributed by atoms with Crippen LogP contribution in [0.15, 0.2) is 42.5 Å². The Bertz CT molecular complexity index is 790. The number of nitrogens with one attached hydrogen (secondary N) is 1. The van der Waals surface area contributed by atoms with Crippen LogP contribution >= 0.6 is 0 Å². The smallest absolute Gasteiger partial charge is 0.244 e. The highest BCUT2D eigenvalue weighted by Gasteiger charge is 2.11. The molecule has 0 aliphatic carbocycles. The Morgan fingerprint density at radius 2 is 1.80 bits per heavy atom. The molecule has 132 valence electrons. The largest absolute Gasteiger partial charge is 0.493 e. The maximum absolute atomic E-state index is 13.5. The molecular formula is C19H19F2NO3. The second-order valence-electron chi connectivity index (χ2n) is 5.34. The van der Waals surface area contributed by atoms with Gasteiger partial charge in [-0.25, -0.2) is 8.78 Å². The zero-order valence-corrected chi connectivity index (χ0v) is 14.2. The molecule has 1 atom stereocenters. The van der Waals surface area contributed by atoms with Crippen LogP contribution in [-0.2, 0) is 4.79 Å². The Morgan fingerprint density at radius 1 is 1.08 bits per heavy atom. The van der Waals surface area contributed by atoms with Gasteiger partial charge in [-0.05, 0) is 48.9 Å². The number of carbonyl (C=O) groups is 1. The lowest BCUT2D eigenvalue weighted by molar-refractivity contribution is -0.117. The summed E-state index contributed by atoms with van der Waals surface area (Å²) in [6.45, 7) is 1.80. The van der Waals surface area contributed by atoms with Crippen molar-refractivity contribution in [1.82, 2.24) is 5.32 Å². The third kappa shape index (κ3) is 4.79. The van der Waals surface area contributed by atoms with Crippen LogP contribution in [0.5, 0.6) is 11.5 Å². The molecule has 0 radical (unpaired) electrons. The number of carbonyl (C=O) groups excluding carboxylic acids is 1. The van der Waals surface area contributed by atoms with Gasteiger partial charge in [0.1, 0.15) is 11.6 Å². The van der Waals surface area contributed by atoms with Crippen LogP contribution in [0.1, 0.15) is 24.1 Å². The summed E-state index contributed by atoms with van der Waals surface area (Å²) in [7, 11) is 3.07. The van der Waals surface area contributed by atoms with Crippen molar-refractivity contribution in [2.75, 3.05) is 14.2 Å². The van der Waals surface area contributed by atoms with E-state index in [1.165, 1.54) is 13.2 Å². The summed E-state index contributed by atoms with van der Waals surface area (Å²) >= 11 is 0. The molecule has 0 heterocycles. The average Bonchev–Trinajstić information content (AvgIpc) is 2.61. The van der Waals surface area contributed by atoms with E-state index < -0.39 is 17.5 Å². The zero-order valence-electron chi connectivity index (χ0n) is 14.2. The first kappa shape index (κ1) is 18.4. The van der Waals surface area contributed by atoms with Gasteiger partial charge in [-0.3, -0.25) is 4.79 Å². The van der Waals surface area contributed by atoms with Crippen LogP contribution in [0.25, 0.3) is 6.08 Å². The summed E-state index contributed by atoms with van der Waals surface area (Å²) in [4.78, 5) is 12.0. The molecule has 0 aromatic heterocycles. The Hall–Kier alpha value is -2.89. The molecule has 0 fully saturated rings. The maximum atomic E-state index is 13.5. The van der Waals surface area contributed by atoms with Crippen LogP contribution in [0.4, 0.5) is 8.78 Å². The molecule has 0 aliphatic heterocycles. The van der Waals surface area contributed by atoms with Gasteiger partial charge in [0, 0.05) is 11.6 Å². The van der Waals surface area contributed by atoms with Crippen molar-refractivity contribution >= 4 is 12.0 Å². The van der Waals surface area contributed by atoms with Crippen molar-refractivity contribution in [3.05, 3.63) is 65.2 Å². The zero-order chi connectivity index (χ0) is 18.4. The minimum Gasteiger partial charge on any atom is -0.493 e. The molecule has 2 aromatic rings. The highest BCUT2D eigenvalue weighted by molar-refractivity contribution is 5.92. The molecule has 0 aliphatic rings. The van der Waals surface area contributed by atoms with Crippen LogP contribution in [0.3, 0.4) is 0 Å². The molecule has 0 saturated carbocycles. The lowest BCUT2D eigenvalue weighted by Crippen LogP contribution is -2.24. The van der Waals surface area contributed by atoms with E-state index in [9.17, 15) is 13.6 Å². The molecule has 0 spiro atoms. The summed E-state index contributed by atoms with van der Waals surface area (Å²) in [5.41, 5.74) is 0.824. The van der Waals surface area contributed by atoms with Gasteiger partial charge in [0.25, 0.3) is 0 Å². The summed E-state index contributed by atoms with van der Waals surface area (Å²) in [5.74, 6) is -0.450. The minimum absolute atomic E-state index is 0.00826. The van der Waals surface area contributed by atoms with Gasteiger partial charge in [-0.15, -0.1) is 0 Å². The number of rotatable bonds is 6. The minimum atomic E-state index is -0.599. The normalized spacial score (nSPS) is 12.0. The van der Waals surface area contributed by atoms with Crippen molar-refractivity contribution in [3.8, 4) is 11.5 Å². The summed E-state index contributed by atoms with van der Waals surface area (Å²) in [5, 5.41) is 2.75. The number of methoxy groups -OCH3 is 2. The molecule has 1 amide bonds. The van der Waals surface area contributed by atoms with Crippen LogP contribution in [0.2, 0.25) is 0 Å². The summed E-state index contributed by atoms with van der Waals surface area (Å²) < 4.78 is 37.0. The number of hydrogen-bond acceptors (Lipinski definition) is 3. The van der Waals surface area contributed by atoms with Gasteiger partial charge in [-0.1, -0.05) is 6.07 Å². The third-order valence-electron chi connectivity index (χ3n) is 3.64. The maximum Gasteiger partial charge on any atom is 0.244 e. The fourth-order valence-electron chi connectivity index (χ4n) is 2.27. The third-order valence-corrected chi connectivity index (χ3v) is 3.64. The fourth-order valence-corrected chi connectivity index (χ4v) is 2.27.